The third-order valence-electron chi connectivity index (χ3n) is 4.21. The van der Waals surface area contributed by atoms with Crippen molar-refractivity contribution in [3.05, 3.63) is 95.1 Å². The van der Waals surface area contributed by atoms with Gasteiger partial charge in [-0.25, -0.2) is 0 Å². The van der Waals surface area contributed by atoms with Crippen LogP contribution in [0, 0.1) is 0 Å². The zero-order valence-corrected chi connectivity index (χ0v) is 15.6. The summed E-state index contributed by atoms with van der Waals surface area (Å²) in [7, 11) is 0. The first-order valence-corrected chi connectivity index (χ1v) is 9.12. The molecule has 0 aliphatic heterocycles. The molecular weight excluding hydrogens is 376 g/mol. The number of aromatic nitrogens is 3. The molecule has 7 heteroatoms. The van der Waals surface area contributed by atoms with Gasteiger partial charge in [-0.15, -0.1) is 0 Å². The zero-order chi connectivity index (χ0) is 19.3. The van der Waals surface area contributed by atoms with Crippen LogP contribution in [0.5, 0.6) is 0 Å². The molecular formula is C21H17ClN4O2. The minimum absolute atomic E-state index is 0.187. The van der Waals surface area contributed by atoms with Gasteiger partial charge in [0.05, 0.1) is 0 Å². The molecule has 0 bridgehead atoms. The van der Waals surface area contributed by atoms with Gasteiger partial charge in [-0.05, 0) is 29.8 Å². The Balaban J connectivity index is 1.44. The molecule has 0 fully saturated rings. The van der Waals surface area contributed by atoms with Gasteiger partial charge in [0.2, 0.25) is 11.7 Å². The number of halogens is 1. The number of hydrogen-bond acceptors (Lipinski definition) is 4. The number of amides is 1. The van der Waals surface area contributed by atoms with Gasteiger partial charge in [-0.1, -0.05) is 59.2 Å². The SMILES string of the molecule is O=C(NCc1cccc(Cl)c1)c1cccn1Cc1nc(-c2ccccc2)no1. The van der Waals surface area contributed by atoms with Crippen LogP contribution >= 0.6 is 11.6 Å². The van der Waals surface area contributed by atoms with Crippen molar-refractivity contribution in [1.29, 1.82) is 0 Å². The first-order valence-electron chi connectivity index (χ1n) is 8.75. The minimum Gasteiger partial charge on any atom is -0.347 e. The lowest BCUT2D eigenvalue weighted by Gasteiger charge is -2.08. The summed E-state index contributed by atoms with van der Waals surface area (Å²) in [6.07, 6.45) is 1.81. The maximum atomic E-state index is 12.6. The Bertz CT molecular complexity index is 1090. The van der Waals surface area contributed by atoms with E-state index in [1.807, 2.05) is 54.6 Å². The minimum atomic E-state index is -0.187. The molecule has 0 aliphatic rings. The molecule has 0 radical (unpaired) electrons. The second-order valence-corrected chi connectivity index (χ2v) is 6.65. The van der Waals surface area contributed by atoms with Crippen LogP contribution in [-0.2, 0) is 13.1 Å². The average molecular weight is 393 g/mol. The fourth-order valence-corrected chi connectivity index (χ4v) is 3.06. The van der Waals surface area contributed by atoms with E-state index in [-0.39, 0.29) is 5.91 Å². The molecule has 6 nitrogen and oxygen atoms in total. The second kappa shape index (κ2) is 8.10. The summed E-state index contributed by atoms with van der Waals surface area (Å²) in [6, 6.07) is 20.5. The summed E-state index contributed by atoms with van der Waals surface area (Å²) >= 11 is 5.98. The Morgan fingerprint density at radius 2 is 1.93 bits per heavy atom. The van der Waals surface area contributed by atoms with Gasteiger partial charge in [0.15, 0.2) is 0 Å². The lowest BCUT2D eigenvalue weighted by atomic mass is 10.2. The van der Waals surface area contributed by atoms with E-state index in [0.717, 1.165) is 11.1 Å². The van der Waals surface area contributed by atoms with Gasteiger partial charge in [-0.2, -0.15) is 4.98 Å². The summed E-state index contributed by atoms with van der Waals surface area (Å²) in [5.74, 6) is 0.765. The predicted octanol–water partition coefficient (Wildman–Crippen LogP) is 4.17. The zero-order valence-electron chi connectivity index (χ0n) is 14.9. The monoisotopic (exact) mass is 392 g/mol. The van der Waals surface area contributed by atoms with Crippen LogP contribution in [0.4, 0.5) is 0 Å². The highest BCUT2D eigenvalue weighted by atomic mass is 35.5. The van der Waals surface area contributed by atoms with Gasteiger partial charge in [-0.3, -0.25) is 4.79 Å². The van der Waals surface area contributed by atoms with Crippen LogP contribution in [0.15, 0.2) is 77.4 Å². The number of hydrogen-bond donors (Lipinski definition) is 1. The maximum Gasteiger partial charge on any atom is 0.268 e. The Morgan fingerprint density at radius 3 is 2.75 bits per heavy atom. The summed E-state index contributed by atoms with van der Waals surface area (Å²) in [6.45, 7) is 0.704. The van der Waals surface area contributed by atoms with E-state index in [4.69, 9.17) is 16.1 Å². The average Bonchev–Trinajstić information content (AvgIpc) is 3.37. The van der Waals surface area contributed by atoms with Crippen molar-refractivity contribution >= 4 is 17.5 Å². The van der Waals surface area contributed by atoms with Crippen molar-refractivity contribution < 1.29 is 9.32 Å². The fraction of sp³-hybridized carbons (Fsp3) is 0.0952. The summed E-state index contributed by atoms with van der Waals surface area (Å²) < 4.78 is 7.11. The molecule has 2 aromatic heterocycles. The smallest absolute Gasteiger partial charge is 0.268 e. The van der Waals surface area contributed by atoms with Gasteiger partial charge < -0.3 is 14.4 Å². The Morgan fingerprint density at radius 1 is 1.07 bits per heavy atom. The molecule has 0 saturated carbocycles. The lowest BCUT2D eigenvalue weighted by Crippen LogP contribution is -2.25. The third-order valence-corrected chi connectivity index (χ3v) is 4.45. The number of rotatable bonds is 6. The number of nitrogens with zero attached hydrogens (tertiary/aromatic N) is 3. The normalized spacial score (nSPS) is 10.8. The highest BCUT2D eigenvalue weighted by Gasteiger charge is 2.14. The topological polar surface area (TPSA) is 73.0 Å². The van der Waals surface area contributed by atoms with Crippen molar-refractivity contribution in [1.82, 2.24) is 20.0 Å². The van der Waals surface area contributed by atoms with Crippen LogP contribution in [-0.4, -0.2) is 20.6 Å². The van der Waals surface area contributed by atoms with Crippen molar-refractivity contribution in [2.45, 2.75) is 13.1 Å². The van der Waals surface area contributed by atoms with E-state index in [2.05, 4.69) is 15.5 Å². The van der Waals surface area contributed by atoms with Crippen LogP contribution in [0.25, 0.3) is 11.4 Å². The summed E-state index contributed by atoms with van der Waals surface area (Å²) in [5.41, 5.74) is 2.33. The second-order valence-electron chi connectivity index (χ2n) is 6.21. The number of carbonyl (C=O) groups is 1. The molecule has 1 N–H and O–H groups in total. The molecule has 0 unspecified atom stereocenters. The quantitative estimate of drug-likeness (QED) is 0.534. The number of carbonyl (C=O) groups excluding carboxylic acids is 1. The highest BCUT2D eigenvalue weighted by molar-refractivity contribution is 6.30. The van der Waals surface area contributed by atoms with Crippen molar-refractivity contribution in [3.63, 3.8) is 0 Å². The van der Waals surface area contributed by atoms with Gasteiger partial charge in [0.25, 0.3) is 5.91 Å². The Hall–Kier alpha value is -3.38. The predicted molar refractivity (Wildman–Crippen MR) is 106 cm³/mol. The van der Waals surface area contributed by atoms with Gasteiger partial charge in [0.1, 0.15) is 12.2 Å². The molecule has 0 spiro atoms. The molecule has 0 aliphatic carbocycles. The Labute approximate surface area is 166 Å². The standard InChI is InChI=1S/C21H17ClN4O2/c22-17-9-4-6-15(12-17)13-23-21(27)18-10-5-11-26(18)14-19-24-20(25-28-19)16-7-2-1-3-8-16/h1-12H,13-14H2,(H,23,27). The van der Waals surface area contributed by atoms with Crippen LogP contribution in [0.3, 0.4) is 0 Å². The Kier molecular flexibility index (Phi) is 5.21. The van der Waals surface area contributed by atoms with E-state index in [1.54, 1.807) is 22.9 Å². The largest absolute Gasteiger partial charge is 0.347 e. The molecule has 28 heavy (non-hydrogen) atoms. The molecule has 0 saturated heterocycles. The third kappa shape index (κ3) is 4.13. The molecule has 2 aromatic carbocycles. The van der Waals surface area contributed by atoms with Gasteiger partial charge in [0, 0.05) is 23.3 Å². The highest BCUT2D eigenvalue weighted by Crippen LogP contribution is 2.16. The molecule has 4 rings (SSSR count). The molecule has 140 valence electrons. The molecule has 4 aromatic rings. The van der Waals surface area contributed by atoms with Crippen LogP contribution < -0.4 is 5.32 Å². The fourth-order valence-electron chi connectivity index (χ4n) is 2.85. The molecule has 2 heterocycles. The van der Waals surface area contributed by atoms with E-state index in [0.29, 0.717) is 35.5 Å². The van der Waals surface area contributed by atoms with E-state index < -0.39 is 0 Å². The summed E-state index contributed by atoms with van der Waals surface area (Å²) in [4.78, 5) is 17.0. The lowest BCUT2D eigenvalue weighted by molar-refractivity contribution is 0.0941. The van der Waals surface area contributed by atoms with Crippen LogP contribution in [0.2, 0.25) is 5.02 Å². The van der Waals surface area contributed by atoms with Crippen molar-refractivity contribution in [3.8, 4) is 11.4 Å². The van der Waals surface area contributed by atoms with E-state index in [9.17, 15) is 4.79 Å². The first kappa shape index (κ1) is 18.0. The van der Waals surface area contributed by atoms with Crippen molar-refractivity contribution in [2.75, 3.05) is 0 Å². The molecule has 0 atom stereocenters. The molecule has 1 amide bonds. The number of benzene rings is 2. The van der Waals surface area contributed by atoms with Gasteiger partial charge >= 0.3 is 0 Å². The van der Waals surface area contributed by atoms with E-state index >= 15 is 0 Å². The first-order chi connectivity index (χ1) is 13.7. The van der Waals surface area contributed by atoms with Crippen molar-refractivity contribution in [2.24, 2.45) is 0 Å². The van der Waals surface area contributed by atoms with E-state index in [1.165, 1.54) is 0 Å². The maximum absolute atomic E-state index is 12.6. The summed E-state index contributed by atoms with van der Waals surface area (Å²) in [5, 5.41) is 7.55. The van der Waals surface area contributed by atoms with Crippen LogP contribution in [0.1, 0.15) is 21.9 Å². The number of nitrogens with one attached hydrogen (secondary N) is 1.